The van der Waals surface area contributed by atoms with Crippen LogP contribution >= 0.6 is 11.3 Å². The minimum atomic E-state index is 0.182. The monoisotopic (exact) mass is 228 g/mol. The molecule has 0 amide bonds. The molecule has 1 heterocycles. The molecule has 0 aliphatic heterocycles. The van der Waals surface area contributed by atoms with Gasteiger partial charge in [-0.1, -0.05) is 13.8 Å². The highest BCUT2D eigenvalue weighted by Gasteiger charge is 2.14. The lowest BCUT2D eigenvalue weighted by Gasteiger charge is -2.22. The first-order valence-corrected chi connectivity index (χ1v) is 6.26. The number of thiazole rings is 1. The number of aliphatic hydroxyl groups excluding tert-OH is 1. The summed E-state index contributed by atoms with van der Waals surface area (Å²) < 4.78 is 0. The first-order chi connectivity index (χ1) is 7.13. The smallest absolute Gasteiger partial charge is 0.0794 e. The average molecular weight is 228 g/mol. The van der Waals surface area contributed by atoms with Crippen molar-refractivity contribution in [1.29, 1.82) is 0 Å². The van der Waals surface area contributed by atoms with E-state index in [-0.39, 0.29) is 18.7 Å². The Hall–Kier alpha value is -0.450. The van der Waals surface area contributed by atoms with E-state index in [1.807, 2.05) is 11.7 Å². The van der Waals surface area contributed by atoms with E-state index in [1.165, 1.54) is 4.88 Å². The minimum absolute atomic E-state index is 0.182. The Morgan fingerprint density at radius 1 is 1.47 bits per heavy atom. The molecule has 0 saturated carbocycles. The second-order valence-corrected chi connectivity index (χ2v) is 5.22. The van der Waals surface area contributed by atoms with Gasteiger partial charge in [-0.2, -0.15) is 0 Å². The van der Waals surface area contributed by atoms with Crippen LogP contribution < -0.4 is 5.32 Å². The molecular weight excluding hydrogens is 208 g/mol. The van der Waals surface area contributed by atoms with Gasteiger partial charge in [0, 0.05) is 23.2 Å². The highest BCUT2D eigenvalue weighted by molar-refractivity contribution is 7.09. The van der Waals surface area contributed by atoms with E-state index in [0.29, 0.717) is 5.92 Å². The number of hydrogen-bond acceptors (Lipinski definition) is 4. The van der Waals surface area contributed by atoms with E-state index < -0.39 is 0 Å². The van der Waals surface area contributed by atoms with Crippen molar-refractivity contribution in [3.8, 4) is 0 Å². The molecule has 0 spiro atoms. The van der Waals surface area contributed by atoms with Crippen molar-refractivity contribution in [2.24, 2.45) is 5.92 Å². The maximum absolute atomic E-state index is 9.25. The second kappa shape index (κ2) is 6.20. The lowest BCUT2D eigenvalue weighted by molar-refractivity contribution is 0.216. The Labute approximate surface area is 95.6 Å². The molecule has 3 nitrogen and oxygen atoms in total. The Balaban J connectivity index is 2.44. The fraction of sp³-hybridized carbons (Fsp3) is 0.727. The topological polar surface area (TPSA) is 45.1 Å². The third kappa shape index (κ3) is 4.28. The van der Waals surface area contributed by atoms with Crippen molar-refractivity contribution >= 4 is 11.3 Å². The Kier molecular flexibility index (Phi) is 5.22. The van der Waals surface area contributed by atoms with Crippen molar-refractivity contribution in [2.45, 2.75) is 39.3 Å². The van der Waals surface area contributed by atoms with Gasteiger partial charge in [-0.15, -0.1) is 11.3 Å². The molecule has 15 heavy (non-hydrogen) atoms. The summed E-state index contributed by atoms with van der Waals surface area (Å²) in [6.45, 7) is 6.64. The predicted octanol–water partition coefficient (Wildman–Crippen LogP) is 2.20. The lowest BCUT2D eigenvalue weighted by Crippen LogP contribution is -2.35. The van der Waals surface area contributed by atoms with Crippen LogP contribution in [0.1, 0.15) is 38.1 Å². The molecule has 0 saturated heterocycles. The van der Waals surface area contributed by atoms with Crippen LogP contribution in [-0.2, 0) is 0 Å². The largest absolute Gasteiger partial charge is 0.395 e. The highest BCUT2D eigenvalue weighted by Crippen LogP contribution is 2.18. The zero-order chi connectivity index (χ0) is 11.3. The van der Waals surface area contributed by atoms with E-state index in [4.69, 9.17) is 0 Å². The molecule has 0 fully saturated rings. The molecule has 0 aromatic carbocycles. The maximum Gasteiger partial charge on any atom is 0.0794 e. The second-order valence-electron chi connectivity index (χ2n) is 4.30. The van der Waals surface area contributed by atoms with Gasteiger partial charge in [0.05, 0.1) is 12.1 Å². The number of aromatic nitrogens is 1. The van der Waals surface area contributed by atoms with Gasteiger partial charge in [-0.25, -0.2) is 0 Å². The molecule has 2 N–H and O–H groups in total. The van der Waals surface area contributed by atoms with Crippen LogP contribution in [0.15, 0.2) is 11.7 Å². The molecule has 0 radical (unpaired) electrons. The van der Waals surface area contributed by atoms with Crippen molar-refractivity contribution in [1.82, 2.24) is 10.3 Å². The van der Waals surface area contributed by atoms with Gasteiger partial charge >= 0.3 is 0 Å². The Morgan fingerprint density at radius 2 is 2.20 bits per heavy atom. The summed E-state index contributed by atoms with van der Waals surface area (Å²) in [5.74, 6) is 0.600. The molecule has 2 atom stereocenters. The summed E-state index contributed by atoms with van der Waals surface area (Å²) in [5.41, 5.74) is 1.84. The quantitative estimate of drug-likeness (QED) is 0.784. The van der Waals surface area contributed by atoms with Crippen LogP contribution in [-0.4, -0.2) is 22.7 Å². The van der Waals surface area contributed by atoms with E-state index in [2.05, 4.69) is 31.1 Å². The summed E-state index contributed by atoms with van der Waals surface area (Å²) >= 11 is 1.65. The fourth-order valence-corrected chi connectivity index (χ4v) is 2.28. The first kappa shape index (κ1) is 12.6. The SMILES string of the molecule is CC(C)CC(CO)NC(C)c1cncs1. The van der Waals surface area contributed by atoms with Gasteiger partial charge in [0.1, 0.15) is 0 Å². The average Bonchev–Trinajstić information content (AvgIpc) is 2.68. The zero-order valence-electron chi connectivity index (χ0n) is 9.60. The summed E-state index contributed by atoms with van der Waals surface area (Å²) in [5, 5.41) is 12.7. The summed E-state index contributed by atoms with van der Waals surface area (Å²) in [6.07, 6.45) is 2.88. The number of hydrogen-bond donors (Lipinski definition) is 2. The van der Waals surface area contributed by atoms with Crippen LogP contribution in [0.2, 0.25) is 0 Å². The molecule has 0 aliphatic rings. The maximum atomic E-state index is 9.25. The van der Waals surface area contributed by atoms with Gasteiger partial charge < -0.3 is 10.4 Å². The molecule has 1 aromatic rings. The van der Waals surface area contributed by atoms with Gasteiger partial charge in [0.15, 0.2) is 0 Å². The van der Waals surface area contributed by atoms with Crippen molar-refractivity contribution in [3.63, 3.8) is 0 Å². The van der Waals surface area contributed by atoms with Gasteiger partial charge in [-0.3, -0.25) is 4.98 Å². The zero-order valence-corrected chi connectivity index (χ0v) is 10.4. The number of rotatable bonds is 6. The summed E-state index contributed by atoms with van der Waals surface area (Å²) in [7, 11) is 0. The molecule has 0 aliphatic carbocycles. The molecular formula is C11H20N2OS. The van der Waals surface area contributed by atoms with Crippen molar-refractivity contribution in [3.05, 3.63) is 16.6 Å². The van der Waals surface area contributed by atoms with E-state index in [0.717, 1.165) is 6.42 Å². The molecule has 1 rings (SSSR count). The normalized spacial score (nSPS) is 15.5. The third-order valence-electron chi connectivity index (χ3n) is 2.34. The van der Waals surface area contributed by atoms with Crippen LogP contribution in [0.3, 0.4) is 0 Å². The molecule has 86 valence electrons. The standard InChI is InChI=1S/C11H20N2OS/c1-8(2)4-10(6-14)13-9(3)11-5-12-7-15-11/h5,7-10,13-14H,4,6H2,1-3H3. The van der Waals surface area contributed by atoms with Crippen molar-refractivity contribution in [2.75, 3.05) is 6.61 Å². The Bertz CT molecular complexity index is 262. The van der Waals surface area contributed by atoms with E-state index in [9.17, 15) is 5.11 Å². The molecule has 0 bridgehead atoms. The number of nitrogens with one attached hydrogen (secondary N) is 1. The van der Waals surface area contributed by atoms with Gasteiger partial charge in [-0.05, 0) is 19.3 Å². The third-order valence-corrected chi connectivity index (χ3v) is 3.30. The molecule has 4 heteroatoms. The highest BCUT2D eigenvalue weighted by atomic mass is 32.1. The van der Waals surface area contributed by atoms with Crippen LogP contribution in [0.4, 0.5) is 0 Å². The number of nitrogens with zero attached hydrogens (tertiary/aromatic N) is 1. The van der Waals surface area contributed by atoms with Gasteiger partial charge in [0.25, 0.3) is 0 Å². The predicted molar refractivity (Wildman–Crippen MR) is 64.0 cm³/mol. The summed E-state index contributed by atoms with van der Waals surface area (Å²) in [6, 6.07) is 0.454. The van der Waals surface area contributed by atoms with Crippen LogP contribution in [0.5, 0.6) is 0 Å². The molecule has 2 unspecified atom stereocenters. The van der Waals surface area contributed by atoms with Crippen LogP contribution in [0, 0.1) is 5.92 Å². The minimum Gasteiger partial charge on any atom is -0.395 e. The first-order valence-electron chi connectivity index (χ1n) is 5.38. The Morgan fingerprint density at radius 3 is 2.67 bits per heavy atom. The fourth-order valence-electron chi connectivity index (χ4n) is 1.64. The van der Waals surface area contributed by atoms with E-state index in [1.54, 1.807) is 11.3 Å². The summed E-state index contributed by atoms with van der Waals surface area (Å²) in [4.78, 5) is 5.27. The number of aliphatic hydroxyl groups is 1. The lowest BCUT2D eigenvalue weighted by atomic mass is 10.0. The van der Waals surface area contributed by atoms with E-state index >= 15 is 0 Å². The van der Waals surface area contributed by atoms with Crippen LogP contribution in [0.25, 0.3) is 0 Å². The van der Waals surface area contributed by atoms with Gasteiger partial charge in [0.2, 0.25) is 0 Å². The van der Waals surface area contributed by atoms with Crippen molar-refractivity contribution < 1.29 is 5.11 Å². The molecule has 1 aromatic heterocycles.